The van der Waals surface area contributed by atoms with Crippen LogP contribution in [0.3, 0.4) is 0 Å². The number of hydrogen-bond acceptors (Lipinski definition) is 6. The van der Waals surface area contributed by atoms with E-state index in [4.69, 9.17) is 0 Å². The van der Waals surface area contributed by atoms with Gasteiger partial charge in [0, 0.05) is 23.8 Å². The molecule has 3 rings (SSSR count). The van der Waals surface area contributed by atoms with Gasteiger partial charge >= 0.3 is 0 Å². The molecule has 0 aliphatic heterocycles. The van der Waals surface area contributed by atoms with E-state index in [1.54, 1.807) is 30.6 Å². The molecule has 2 aromatic heterocycles. The standard InChI is InChI=1S/C22H22N4O2S/c1-14-9-15(2)11-18(10-14)26-21(28)19-5-4-7-24-22(19)29-13-17-6-8-23-20(25-17)12-16(3)27/h4-11H,12-13H2,1-3H3,(H,26,28). The Morgan fingerprint density at radius 1 is 1.03 bits per heavy atom. The first-order valence-corrected chi connectivity index (χ1v) is 10.2. The first kappa shape index (κ1) is 20.7. The van der Waals surface area contributed by atoms with E-state index in [1.165, 1.54) is 18.7 Å². The second kappa shape index (κ2) is 9.43. The molecular weight excluding hydrogens is 384 g/mol. The maximum atomic E-state index is 12.8. The number of carbonyl (C=O) groups is 2. The number of thioether (sulfide) groups is 1. The lowest BCUT2D eigenvalue weighted by atomic mass is 10.1. The van der Waals surface area contributed by atoms with E-state index in [0.717, 1.165) is 22.5 Å². The van der Waals surface area contributed by atoms with Gasteiger partial charge in [-0.3, -0.25) is 9.59 Å². The van der Waals surface area contributed by atoms with Gasteiger partial charge in [0.25, 0.3) is 5.91 Å². The maximum absolute atomic E-state index is 12.8. The molecule has 2 heterocycles. The average Bonchev–Trinajstić information content (AvgIpc) is 2.65. The van der Waals surface area contributed by atoms with Crippen molar-refractivity contribution in [3.63, 3.8) is 0 Å². The van der Waals surface area contributed by atoms with Crippen LogP contribution in [0.25, 0.3) is 0 Å². The highest BCUT2D eigenvalue weighted by Crippen LogP contribution is 2.25. The molecule has 1 amide bonds. The van der Waals surface area contributed by atoms with Gasteiger partial charge in [-0.1, -0.05) is 17.8 Å². The minimum atomic E-state index is -0.203. The van der Waals surface area contributed by atoms with Gasteiger partial charge in [-0.05, 0) is 62.2 Å². The minimum absolute atomic E-state index is 0.0184. The third-order valence-corrected chi connectivity index (χ3v) is 5.06. The predicted molar refractivity (Wildman–Crippen MR) is 114 cm³/mol. The number of benzene rings is 1. The average molecular weight is 407 g/mol. The quantitative estimate of drug-likeness (QED) is 0.593. The highest BCUT2D eigenvalue weighted by molar-refractivity contribution is 7.98. The predicted octanol–water partition coefficient (Wildman–Crippen LogP) is 4.16. The van der Waals surface area contributed by atoms with Crippen LogP contribution in [0.4, 0.5) is 5.69 Å². The molecule has 0 bridgehead atoms. The van der Waals surface area contributed by atoms with E-state index < -0.39 is 0 Å². The van der Waals surface area contributed by atoms with Crippen molar-refractivity contribution in [1.29, 1.82) is 0 Å². The molecule has 0 fully saturated rings. The Morgan fingerprint density at radius 2 is 1.79 bits per heavy atom. The molecule has 6 nitrogen and oxygen atoms in total. The topological polar surface area (TPSA) is 84.8 Å². The van der Waals surface area contributed by atoms with Crippen molar-refractivity contribution in [2.75, 3.05) is 5.32 Å². The molecule has 0 aliphatic rings. The number of carbonyl (C=O) groups excluding carboxylic acids is 2. The lowest BCUT2D eigenvalue weighted by molar-refractivity contribution is -0.116. The summed E-state index contributed by atoms with van der Waals surface area (Å²) in [6.45, 7) is 5.51. The molecule has 0 radical (unpaired) electrons. The molecule has 7 heteroatoms. The number of ketones is 1. The van der Waals surface area contributed by atoms with E-state index in [9.17, 15) is 9.59 Å². The summed E-state index contributed by atoms with van der Waals surface area (Å²) in [4.78, 5) is 37.0. The number of amides is 1. The van der Waals surface area contributed by atoms with Crippen LogP contribution in [0.15, 0.2) is 53.8 Å². The van der Waals surface area contributed by atoms with Gasteiger partial charge in [0.15, 0.2) is 0 Å². The summed E-state index contributed by atoms with van der Waals surface area (Å²) >= 11 is 1.43. The molecular formula is C22H22N4O2S. The molecule has 3 aromatic rings. The second-order valence-electron chi connectivity index (χ2n) is 6.82. The van der Waals surface area contributed by atoms with E-state index in [1.807, 2.05) is 26.0 Å². The zero-order chi connectivity index (χ0) is 20.8. The highest BCUT2D eigenvalue weighted by atomic mass is 32.2. The monoisotopic (exact) mass is 406 g/mol. The van der Waals surface area contributed by atoms with E-state index in [-0.39, 0.29) is 18.1 Å². The fourth-order valence-electron chi connectivity index (χ4n) is 2.90. The summed E-state index contributed by atoms with van der Waals surface area (Å²) in [7, 11) is 0. The lowest BCUT2D eigenvalue weighted by Gasteiger charge is -2.10. The van der Waals surface area contributed by atoms with Crippen LogP contribution in [0.2, 0.25) is 0 Å². The van der Waals surface area contributed by atoms with Crippen molar-refractivity contribution in [3.05, 3.63) is 77.0 Å². The Balaban J connectivity index is 1.73. The van der Waals surface area contributed by atoms with Crippen LogP contribution in [0, 0.1) is 13.8 Å². The summed E-state index contributed by atoms with van der Waals surface area (Å²) < 4.78 is 0. The molecule has 0 saturated carbocycles. The summed E-state index contributed by atoms with van der Waals surface area (Å²) in [6, 6.07) is 11.2. The highest BCUT2D eigenvalue weighted by Gasteiger charge is 2.14. The Hall–Kier alpha value is -3.06. The number of aryl methyl sites for hydroxylation is 2. The fourth-order valence-corrected chi connectivity index (χ4v) is 3.79. The Kier molecular flexibility index (Phi) is 6.72. The molecule has 0 unspecified atom stereocenters. The SMILES string of the molecule is CC(=O)Cc1nccc(CSc2ncccc2C(=O)Nc2cc(C)cc(C)c2)n1. The van der Waals surface area contributed by atoms with Crippen LogP contribution in [-0.2, 0) is 17.0 Å². The zero-order valence-electron chi connectivity index (χ0n) is 16.6. The third-order valence-electron chi connectivity index (χ3n) is 4.02. The van der Waals surface area contributed by atoms with Crippen molar-refractivity contribution < 1.29 is 9.59 Å². The summed E-state index contributed by atoms with van der Waals surface area (Å²) in [6.07, 6.45) is 3.52. The fraction of sp³-hybridized carbons (Fsp3) is 0.227. The van der Waals surface area contributed by atoms with Gasteiger partial charge in [-0.25, -0.2) is 15.0 Å². The smallest absolute Gasteiger partial charge is 0.258 e. The third kappa shape index (κ3) is 5.96. The van der Waals surface area contributed by atoms with Crippen LogP contribution >= 0.6 is 11.8 Å². The minimum Gasteiger partial charge on any atom is -0.322 e. The van der Waals surface area contributed by atoms with Gasteiger partial charge in [0.05, 0.1) is 17.7 Å². The van der Waals surface area contributed by atoms with Crippen LogP contribution < -0.4 is 5.32 Å². The van der Waals surface area contributed by atoms with Crippen LogP contribution in [0.1, 0.15) is 39.9 Å². The number of aromatic nitrogens is 3. The Labute approximate surface area is 174 Å². The number of hydrogen-bond donors (Lipinski definition) is 1. The van der Waals surface area contributed by atoms with Crippen LogP contribution in [-0.4, -0.2) is 26.6 Å². The number of Topliss-reactive ketones (excluding diaryl/α,β-unsaturated/α-hetero) is 1. The van der Waals surface area contributed by atoms with Crippen LogP contribution in [0.5, 0.6) is 0 Å². The Morgan fingerprint density at radius 3 is 2.52 bits per heavy atom. The van der Waals surface area contributed by atoms with Crippen molar-refractivity contribution in [2.45, 2.75) is 38.0 Å². The number of anilines is 1. The molecule has 0 saturated heterocycles. The van der Waals surface area contributed by atoms with Gasteiger partial charge < -0.3 is 5.32 Å². The van der Waals surface area contributed by atoms with Crippen molar-refractivity contribution in [3.8, 4) is 0 Å². The van der Waals surface area contributed by atoms with Crippen molar-refractivity contribution in [2.24, 2.45) is 0 Å². The van der Waals surface area contributed by atoms with E-state index >= 15 is 0 Å². The van der Waals surface area contributed by atoms with Gasteiger partial charge in [-0.2, -0.15) is 0 Å². The molecule has 1 aromatic carbocycles. The first-order valence-electron chi connectivity index (χ1n) is 9.18. The Bertz CT molecular complexity index is 1030. The molecule has 0 spiro atoms. The second-order valence-corrected chi connectivity index (χ2v) is 7.78. The lowest BCUT2D eigenvalue weighted by Crippen LogP contribution is -2.14. The van der Waals surface area contributed by atoms with Gasteiger partial charge in [0.2, 0.25) is 0 Å². The van der Waals surface area contributed by atoms with Crippen molar-refractivity contribution >= 4 is 29.1 Å². The van der Waals surface area contributed by atoms with Gasteiger partial charge in [-0.15, -0.1) is 0 Å². The number of pyridine rings is 1. The normalized spacial score (nSPS) is 10.6. The number of nitrogens with zero attached hydrogens (tertiary/aromatic N) is 3. The summed E-state index contributed by atoms with van der Waals surface area (Å²) in [5.41, 5.74) is 4.23. The molecule has 0 aliphatic carbocycles. The summed E-state index contributed by atoms with van der Waals surface area (Å²) in [5.74, 6) is 0.841. The van der Waals surface area contributed by atoms with E-state index in [2.05, 4.69) is 26.3 Å². The zero-order valence-corrected chi connectivity index (χ0v) is 17.4. The molecule has 1 N–H and O–H groups in total. The molecule has 29 heavy (non-hydrogen) atoms. The molecule has 0 atom stereocenters. The van der Waals surface area contributed by atoms with E-state index in [0.29, 0.717) is 22.2 Å². The van der Waals surface area contributed by atoms with Crippen molar-refractivity contribution in [1.82, 2.24) is 15.0 Å². The number of rotatable bonds is 7. The maximum Gasteiger partial charge on any atom is 0.258 e. The largest absolute Gasteiger partial charge is 0.322 e. The first-order chi connectivity index (χ1) is 13.9. The number of nitrogens with one attached hydrogen (secondary N) is 1. The molecule has 148 valence electrons. The van der Waals surface area contributed by atoms with Gasteiger partial charge in [0.1, 0.15) is 16.6 Å². The summed E-state index contributed by atoms with van der Waals surface area (Å²) in [5, 5.41) is 3.58.